The summed E-state index contributed by atoms with van der Waals surface area (Å²) in [7, 11) is -1.21. The Kier molecular flexibility index (Phi) is 7.97. The molecule has 2 aliphatic rings. The van der Waals surface area contributed by atoms with Crippen LogP contribution in [0.15, 0.2) is 12.3 Å². The van der Waals surface area contributed by atoms with Crippen LogP contribution in [0.3, 0.4) is 0 Å². The molecule has 0 saturated heterocycles. The van der Waals surface area contributed by atoms with Gasteiger partial charge in [-0.15, -0.1) is 0 Å². The van der Waals surface area contributed by atoms with Crippen LogP contribution in [0.1, 0.15) is 49.1 Å². The Labute approximate surface area is 213 Å². The average molecular weight is 520 g/mol. The van der Waals surface area contributed by atoms with Crippen LogP contribution in [-0.4, -0.2) is 41.4 Å². The second-order valence-electron chi connectivity index (χ2n) is 11.6. The first-order chi connectivity index (χ1) is 17.0. The Hall–Kier alpha value is -2.17. The summed E-state index contributed by atoms with van der Waals surface area (Å²) in [5, 5.41) is 7.22. The third-order valence-corrected chi connectivity index (χ3v) is 9.04. The molecule has 3 N–H and O–H groups in total. The van der Waals surface area contributed by atoms with Crippen LogP contribution in [-0.2, 0) is 16.3 Å². The molecule has 7 nitrogen and oxygen atoms in total. The highest BCUT2D eigenvalue weighted by Crippen LogP contribution is 2.50. The van der Waals surface area contributed by atoms with Crippen molar-refractivity contribution in [2.45, 2.75) is 84.4 Å². The van der Waals surface area contributed by atoms with Crippen LogP contribution in [0.4, 0.5) is 14.6 Å². The van der Waals surface area contributed by atoms with Crippen molar-refractivity contribution in [3.05, 3.63) is 29.2 Å². The number of nitrogens with two attached hydrogens (primary N) is 1. The number of anilines is 1. The number of nitrogens with one attached hydrogen (secondary N) is 1. The molecule has 0 bridgehead atoms. The molecule has 0 unspecified atom stereocenters. The summed E-state index contributed by atoms with van der Waals surface area (Å²) < 4.78 is 35.8. The van der Waals surface area contributed by atoms with Crippen LogP contribution >= 0.6 is 0 Å². The minimum atomic E-state index is -2.74. The van der Waals surface area contributed by atoms with Gasteiger partial charge in [0.25, 0.3) is 6.43 Å². The smallest absolute Gasteiger partial charge is 0.264 e. The summed E-state index contributed by atoms with van der Waals surface area (Å²) in [6.07, 6.45) is 3.10. The molecular formula is C26H39F2N5O2Si. The van der Waals surface area contributed by atoms with Crippen LogP contribution in [0, 0.1) is 31.6 Å². The summed E-state index contributed by atoms with van der Waals surface area (Å²) in [6.45, 7) is 11.4. The standard InChI is InChI=1S/C26H39F2N5O2Si/c1-15-22(16(2)33(32-15)14-35-10-11-36(3,4)5)20-13-30-21(12-19(20)25(27)28)31-26(34)24(29)23(17-6-7-17)18-8-9-18/h12-13,17-18,23-25H,6-11,14,29H2,1-5H3,(H,30,31,34)/t24-/m0/s1. The third-order valence-electron chi connectivity index (χ3n) is 7.33. The minimum Gasteiger partial charge on any atom is -0.360 e. The number of nitrogens with zero attached hydrogens (tertiary/aromatic N) is 3. The lowest BCUT2D eigenvalue weighted by atomic mass is 9.89. The fraction of sp³-hybridized carbons (Fsp3) is 0.654. The van der Waals surface area contributed by atoms with Crippen molar-refractivity contribution in [3.63, 3.8) is 0 Å². The van der Waals surface area contributed by atoms with Crippen LogP contribution in [0.2, 0.25) is 25.7 Å². The van der Waals surface area contributed by atoms with E-state index in [-0.39, 0.29) is 29.9 Å². The third kappa shape index (κ3) is 6.38. The molecule has 36 heavy (non-hydrogen) atoms. The zero-order valence-corrected chi connectivity index (χ0v) is 23.0. The summed E-state index contributed by atoms with van der Waals surface area (Å²) in [5.41, 5.74) is 8.41. The van der Waals surface area contributed by atoms with Gasteiger partial charge in [0.1, 0.15) is 12.5 Å². The number of carbonyl (C=O) groups is 1. The SMILES string of the molecule is Cc1nn(COCC[Si](C)(C)C)c(C)c1-c1cnc(NC(=O)[C@@H](N)C(C2CC2)C2CC2)cc1C(F)F. The lowest BCUT2D eigenvalue weighted by molar-refractivity contribution is -0.118. The van der Waals surface area contributed by atoms with E-state index in [1.165, 1.54) is 12.3 Å². The summed E-state index contributed by atoms with van der Waals surface area (Å²) in [4.78, 5) is 17.2. The predicted molar refractivity (Wildman–Crippen MR) is 140 cm³/mol. The van der Waals surface area contributed by atoms with Crippen molar-refractivity contribution in [1.29, 1.82) is 0 Å². The van der Waals surface area contributed by atoms with Gasteiger partial charge in [0.05, 0.1) is 11.7 Å². The van der Waals surface area contributed by atoms with Gasteiger partial charge < -0.3 is 15.8 Å². The Balaban J connectivity index is 1.50. The van der Waals surface area contributed by atoms with E-state index in [0.29, 0.717) is 35.3 Å². The molecule has 1 atom stereocenters. The highest BCUT2D eigenvalue weighted by molar-refractivity contribution is 6.76. The fourth-order valence-electron chi connectivity index (χ4n) is 4.99. The average Bonchev–Trinajstić information content (AvgIpc) is 3.72. The van der Waals surface area contributed by atoms with E-state index in [2.05, 4.69) is 35.0 Å². The molecule has 2 aliphatic carbocycles. The van der Waals surface area contributed by atoms with E-state index in [1.54, 1.807) is 11.6 Å². The van der Waals surface area contributed by atoms with Crippen molar-refractivity contribution in [2.24, 2.45) is 23.5 Å². The zero-order valence-electron chi connectivity index (χ0n) is 22.0. The van der Waals surface area contributed by atoms with E-state index in [4.69, 9.17) is 10.5 Å². The van der Waals surface area contributed by atoms with Crippen molar-refractivity contribution < 1.29 is 18.3 Å². The molecule has 2 saturated carbocycles. The molecular weight excluding hydrogens is 480 g/mol. The first-order valence-electron chi connectivity index (χ1n) is 12.9. The van der Waals surface area contributed by atoms with E-state index in [9.17, 15) is 13.6 Å². The molecule has 0 aliphatic heterocycles. The molecule has 0 radical (unpaired) electrons. The number of pyridine rings is 1. The monoisotopic (exact) mass is 519 g/mol. The second kappa shape index (κ2) is 10.7. The van der Waals surface area contributed by atoms with E-state index < -0.39 is 20.5 Å². The number of ether oxygens (including phenoxy) is 1. The number of aryl methyl sites for hydroxylation is 1. The Bertz CT molecular complexity index is 1080. The highest BCUT2D eigenvalue weighted by Gasteiger charge is 2.46. The summed E-state index contributed by atoms with van der Waals surface area (Å²) >= 11 is 0. The van der Waals surface area contributed by atoms with Gasteiger partial charge in [-0.05, 0) is 69.4 Å². The molecule has 4 rings (SSSR count). The normalized spacial score (nSPS) is 17.2. The van der Waals surface area contributed by atoms with Gasteiger partial charge in [-0.25, -0.2) is 18.4 Å². The number of hydrogen-bond acceptors (Lipinski definition) is 5. The maximum Gasteiger partial charge on any atom is 0.264 e. The summed E-state index contributed by atoms with van der Waals surface area (Å²) in [6, 6.07) is 1.65. The van der Waals surface area contributed by atoms with E-state index in [1.807, 2.05) is 6.92 Å². The minimum absolute atomic E-state index is 0.0947. The number of rotatable bonds is 12. The van der Waals surface area contributed by atoms with Gasteiger partial charge >= 0.3 is 0 Å². The van der Waals surface area contributed by atoms with Crippen molar-refractivity contribution in [3.8, 4) is 11.1 Å². The maximum atomic E-state index is 14.2. The Morgan fingerprint density at radius 2 is 1.86 bits per heavy atom. The first kappa shape index (κ1) is 26.9. The lowest BCUT2D eigenvalue weighted by Gasteiger charge is -2.23. The number of carbonyl (C=O) groups excluding carboxylic acids is 1. The van der Waals surface area contributed by atoms with Gasteiger partial charge in [-0.2, -0.15) is 5.10 Å². The molecule has 1 amide bonds. The highest BCUT2D eigenvalue weighted by atomic mass is 28.3. The van der Waals surface area contributed by atoms with Crippen LogP contribution in [0.5, 0.6) is 0 Å². The van der Waals surface area contributed by atoms with Crippen molar-refractivity contribution in [1.82, 2.24) is 14.8 Å². The topological polar surface area (TPSA) is 95.1 Å². The molecule has 2 heterocycles. The molecule has 198 valence electrons. The largest absolute Gasteiger partial charge is 0.360 e. The molecule has 2 fully saturated rings. The number of halogens is 2. The molecule has 2 aromatic rings. The summed E-state index contributed by atoms with van der Waals surface area (Å²) in [5.74, 6) is 0.925. The van der Waals surface area contributed by atoms with Gasteiger partial charge in [0.15, 0.2) is 0 Å². The Morgan fingerprint density at radius 3 is 2.42 bits per heavy atom. The number of hydrogen-bond donors (Lipinski definition) is 2. The quantitative estimate of drug-likeness (QED) is 0.285. The fourth-order valence-corrected chi connectivity index (χ4v) is 5.75. The number of alkyl halides is 2. The maximum absolute atomic E-state index is 14.2. The van der Waals surface area contributed by atoms with Gasteiger partial charge in [0.2, 0.25) is 5.91 Å². The molecule has 10 heteroatoms. The van der Waals surface area contributed by atoms with Crippen molar-refractivity contribution in [2.75, 3.05) is 11.9 Å². The Morgan fingerprint density at radius 1 is 1.22 bits per heavy atom. The van der Waals surface area contributed by atoms with Gasteiger partial charge in [-0.3, -0.25) is 4.79 Å². The number of amides is 1. The lowest BCUT2D eigenvalue weighted by Crippen LogP contribution is -2.43. The molecule has 0 spiro atoms. The number of aromatic nitrogens is 3. The van der Waals surface area contributed by atoms with Crippen LogP contribution in [0.25, 0.3) is 11.1 Å². The predicted octanol–water partition coefficient (Wildman–Crippen LogP) is 5.51. The van der Waals surface area contributed by atoms with Gasteiger partial charge in [0, 0.05) is 43.3 Å². The van der Waals surface area contributed by atoms with Crippen molar-refractivity contribution >= 4 is 19.8 Å². The van der Waals surface area contributed by atoms with E-state index in [0.717, 1.165) is 37.4 Å². The molecule has 0 aromatic carbocycles. The van der Waals surface area contributed by atoms with Gasteiger partial charge in [-0.1, -0.05) is 19.6 Å². The zero-order chi connectivity index (χ0) is 26.2. The first-order valence-corrected chi connectivity index (χ1v) is 16.6. The van der Waals surface area contributed by atoms with E-state index >= 15 is 0 Å². The second-order valence-corrected chi connectivity index (χ2v) is 17.2. The van der Waals surface area contributed by atoms with Crippen LogP contribution < -0.4 is 11.1 Å². The molecule has 2 aromatic heterocycles.